The summed E-state index contributed by atoms with van der Waals surface area (Å²) in [4.78, 5) is 3.96. The molecule has 2 rings (SSSR count). The topological polar surface area (TPSA) is 36.7 Å². The fraction of sp³-hybridized carbons (Fsp3) is 0.0769. The predicted molar refractivity (Wildman–Crippen MR) is 59.1 cm³/mol. The average molecular weight is 212 g/mol. The molecule has 2 nitrogen and oxygen atoms in total. The molecule has 0 unspecified atom stereocenters. The van der Waals surface area contributed by atoms with Crippen LogP contribution in [0.4, 0.5) is 4.39 Å². The number of halogens is 1. The summed E-state index contributed by atoms with van der Waals surface area (Å²) in [5.74, 6) is -0.308. The van der Waals surface area contributed by atoms with Crippen molar-refractivity contribution in [3.05, 3.63) is 53.6 Å². The number of nitriles is 1. The molecular weight excluding hydrogens is 203 g/mol. The van der Waals surface area contributed by atoms with Gasteiger partial charge in [0.25, 0.3) is 0 Å². The highest BCUT2D eigenvalue weighted by Crippen LogP contribution is 2.25. The standard InChI is InChI=1S/C13H9FN2/c1-9-5-11(7-15)12(6-13(9)14)10-3-2-4-16-8-10/h2-6,8H,1H3. The Kier molecular flexibility index (Phi) is 2.65. The summed E-state index contributed by atoms with van der Waals surface area (Å²) in [6.45, 7) is 1.64. The number of benzene rings is 1. The maximum atomic E-state index is 13.5. The zero-order chi connectivity index (χ0) is 11.5. The van der Waals surface area contributed by atoms with Crippen LogP contribution in [0.2, 0.25) is 0 Å². The van der Waals surface area contributed by atoms with Crippen LogP contribution >= 0.6 is 0 Å². The van der Waals surface area contributed by atoms with Gasteiger partial charge in [-0.3, -0.25) is 4.98 Å². The Bertz CT molecular complexity index is 556. The van der Waals surface area contributed by atoms with Crippen molar-refractivity contribution < 1.29 is 4.39 Å². The van der Waals surface area contributed by atoms with E-state index in [1.807, 2.05) is 0 Å². The fourth-order valence-corrected chi connectivity index (χ4v) is 1.53. The first-order valence-corrected chi connectivity index (χ1v) is 4.83. The number of hydrogen-bond acceptors (Lipinski definition) is 2. The number of nitrogens with zero attached hydrogens (tertiary/aromatic N) is 2. The summed E-state index contributed by atoms with van der Waals surface area (Å²) in [6, 6.07) is 8.56. The van der Waals surface area contributed by atoms with Gasteiger partial charge in [-0.2, -0.15) is 5.26 Å². The molecular formula is C13H9FN2. The molecule has 3 heteroatoms. The molecule has 0 atom stereocenters. The Balaban J connectivity index is 2.66. The summed E-state index contributed by atoms with van der Waals surface area (Å²) in [5, 5.41) is 9.00. The number of hydrogen-bond donors (Lipinski definition) is 0. The largest absolute Gasteiger partial charge is 0.264 e. The van der Waals surface area contributed by atoms with Gasteiger partial charge in [0.15, 0.2) is 0 Å². The molecule has 78 valence electrons. The number of pyridine rings is 1. The van der Waals surface area contributed by atoms with Crippen LogP contribution in [-0.2, 0) is 0 Å². The molecule has 1 heterocycles. The van der Waals surface area contributed by atoms with Crippen LogP contribution in [0, 0.1) is 24.1 Å². The van der Waals surface area contributed by atoms with E-state index >= 15 is 0 Å². The molecule has 0 fully saturated rings. The smallest absolute Gasteiger partial charge is 0.126 e. The molecule has 1 aromatic heterocycles. The molecule has 0 aliphatic heterocycles. The van der Waals surface area contributed by atoms with Gasteiger partial charge >= 0.3 is 0 Å². The zero-order valence-corrected chi connectivity index (χ0v) is 8.74. The first-order valence-electron chi connectivity index (χ1n) is 4.83. The van der Waals surface area contributed by atoms with E-state index in [9.17, 15) is 4.39 Å². The maximum absolute atomic E-state index is 13.5. The van der Waals surface area contributed by atoms with Gasteiger partial charge in [-0.15, -0.1) is 0 Å². The van der Waals surface area contributed by atoms with E-state index in [0.717, 1.165) is 5.56 Å². The summed E-state index contributed by atoms with van der Waals surface area (Å²) in [5.41, 5.74) is 2.27. The van der Waals surface area contributed by atoms with Crippen molar-refractivity contribution in [2.75, 3.05) is 0 Å². The Morgan fingerprint density at radius 1 is 1.38 bits per heavy atom. The monoisotopic (exact) mass is 212 g/mol. The molecule has 0 bridgehead atoms. The summed E-state index contributed by atoms with van der Waals surface area (Å²) >= 11 is 0. The highest BCUT2D eigenvalue weighted by Gasteiger charge is 2.08. The maximum Gasteiger partial charge on any atom is 0.126 e. The van der Waals surface area contributed by atoms with E-state index in [1.54, 1.807) is 37.5 Å². The Labute approximate surface area is 93.0 Å². The minimum atomic E-state index is -0.308. The van der Waals surface area contributed by atoms with Gasteiger partial charge in [0.2, 0.25) is 0 Å². The van der Waals surface area contributed by atoms with Crippen LogP contribution in [0.25, 0.3) is 11.1 Å². The third-order valence-electron chi connectivity index (χ3n) is 2.39. The van der Waals surface area contributed by atoms with Crippen molar-refractivity contribution in [1.29, 1.82) is 5.26 Å². The summed E-state index contributed by atoms with van der Waals surface area (Å²) < 4.78 is 13.5. The molecule has 1 aromatic carbocycles. The van der Waals surface area contributed by atoms with Gasteiger partial charge in [-0.05, 0) is 30.7 Å². The lowest BCUT2D eigenvalue weighted by Crippen LogP contribution is -1.90. The fourth-order valence-electron chi connectivity index (χ4n) is 1.53. The lowest BCUT2D eigenvalue weighted by atomic mass is 9.99. The number of rotatable bonds is 1. The van der Waals surface area contributed by atoms with E-state index in [1.165, 1.54) is 6.07 Å². The first-order chi connectivity index (χ1) is 7.72. The molecule has 0 saturated carbocycles. The molecule has 16 heavy (non-hydrogen) atoms. The first kappa shape index (κ1) is 10.3. The van der Waals surface area contributed by atoms with E-state index in [2.05, 4.69) is 11.1 Å². The van der Waals surface area contributed by atoms with E-state index < -0.39 is 0 Å². The third-order valence-corrected chi connectivity index (χ3v) is 2.39. The Morgan fingerprint density at radius 3 is 2.81 bits per heavy atom. The second kappa shape index (κ2) is 4.11. The van der Waals surface area contributed by atoms with Crippen LogP contribution < -0.4 is 0 Å². The zero-order valence-electron chi connectivity index (χ0n) is 8.74. The normalized spacial score (nSPS) is 9.81. The quantitative estimate of drug-likeness (QED) is 0.728. The molecule has 0 N–H and O–H groups in total. The molecule has 0 aliphatic rings. The lowest BCUT2D eigenvalue weighted by molar-refractivity contribution is 0.619. The second-order valence-corrected chi connectivity index (χ2v) is 3.50. The van der Waals surface area contributed by atoms with Crippen molar-refractivity contribution in [1.82, 2.24) is 4.98 Å². The van der Waals surface area contributed by atoms with Crippen LogP contribution in [0.15, 0.2) is 36.7 Å². The average Bonchev–Trinajstić information content (AvgIpc) is 2.33. The molecule has 2 aromatic rings. The Hall–Kier alpha value is -2.21. The van der Waals surface area contributed by atoms with Gasteiger partial charge in [0.1, 0.15) is 5.82 Å². The van der Waals surface area contributed by atoms with E-state index in [4.69, 9.17) is 5.26 Å². The van der Waals surface area contributed by atoms with Crippen molar-refractivity contribution >= 4 is 0 Å². The number of aryl methyl sites for hydroxylation is 1. The van der Waals surface area contributed by atoms with Crippen molar-refractivity contribution in [2.45, 2.75) is 6.92 Å². The van der Waals surface area contributed by atoms with Gasteiger partial charge in [0, 0.05) is 23.5 Å². The van der Waals surface area contributed by atoms with Crippen molar-refractivity contribution in [3.8, 4) is 17.2 Å². The van der Waals surface area contributed by atoms with Gasteiger partial charge in [-0.25, -0.2) is 4.39 Å². The molecule has 0 saturated heterocycles. The highest BCUT2D eigenvalue weighted by atomic mass is 19.1. The highest BCUT2D eigenvalue weighted by molar-refractivity contribution is 5.70. The predicted octanol–water partition coefficient (Wildman–Crippen LogP) is 3.07. The van der Waals surface area contributed by atoms with Crippen LogP contribution in [0.5, 0.6) is 0 Å². The minimum Gasteiger partial charge on any atom is -0.264 e. The van der Waals surface area contributed by atoms with E-state index in [-0.39, 0.29) is 5.82 Å². The third kappa shape index (κ3) is 1.78. The SMILES string of the molecule is Cc1cc(C#N)c(-c2cccnc2)cc1F. The molecule has 0 amide bonds. The van der Waals surface area contributed by atoms with Gasteiger partial charge in [-0.1, -0.05) is 6.07 Å². The summed E-state index contributed by atoms with van der Waals surface area (Å²) in [7, 11) is 0. The molecule has 0 aliphatic carbocycles. The second-order valence-electron chi connectivity index (χ2n) is 3.50. The van der Waals surface area contributed by atoms with Crippen LogP contribution in [-0.4, -0.2) is 4.98 Å². The summed E-state index contributed by atoms with van der Waals surface area (Å²) in [6.07, 6.45) is 3.26. The lowest BCUT2D eigenvalue weighted by Gasteiger charge is -2.05. The number of aromatic nitrogens is 1. The van der Waals surface area contributed by atoms with Gasteiger partial charge < -0.3 is 0 Å². The van der Waals surface area contributed by atoms with Crippen LogP contribution in [0.1, 0.15) is 11.1 Å². The van der Waals surface area contributed by atoms with Crippen LogP contribution in [0.3, 0.4) is 0 Å². The van der Waals surface area contributed by atoms with E-state index in [0.29, 0.717) is 16.7 Å². The minimum absolute atomic E-state index is 0.308. The molecule has 0 spiro atoms. The Morgan fingerprint density at radius 2 is 2.19 bits per heavy atom. The van der Waals surface area contributed by atoms with Crippen molar-refractivity contribution in [2.24, 2.45) is 0 Å². The van der Waals surface area contributed by atoms with Gasteiger partial charge in [0.05, 0.1) is 11.6 Å². The molecule has 0 radical (unpaired) electrons. The van der Waals surface area contributed by atoms with Crippen molar-refractivity contribution in [3.63, 3.8) is 0 Å².